The van der Waals surface area contributed by atoms with E-state index in [1.54, 1.807) is 24.3 Å². The van der Waals surface area contributed by atoms with Crippen molar-refractivity contribution in [1.82, 2.24) is 4.90 Å². The van der Waals surface area contributed by atoms with E-state index in [1.165, 1.54) is 18.2 Å². The van der Waals surface area contributed by atoms with E-state index in [0.717, 1.165) is 28.0 Å². The second-order valence-electron chi connectivity index (χ2n) is 7.87. The number of non-ortho nitro benzene ring substituents is 1. The molecule has 178 valence electrons. The molecule has 8 nitrogen and oxygen atoms in total. The first-order valence-corrected chi connectivity index (χ1v) is 10.7. The Labute approximate surface area is 198 Å². The van der Waals surface area contributed by atoms with Crippen molar-refractivity contribution >= 4 is 29.1 Å². The van der Waals surface area contributed by atoms with Gasteiger partial charge in [-0.1, -0.05) is 18.2 Å². The summed E-state index contributed by atoms with van der Waals surface area (Å²) in [5, 5.41) is 11.1. The molecule has 1 heterocycles. The monoisotopic (exact) mass is 479 g/mol. The number of fused-ring (bicyclic) bond motifs is 1. The van der Waals surface area contributed by atoms with Crippen LogP contribution >= 0.6 is 0 Å². The highest BCUT2D eigenvalue weighted by Gasteiger charge is 2.34. The maximum Gasteiger partial charge on any atom is 0.270 e. The number of nitrogens with zero attached hydrogens (tertiary/aromatic N) is 3. The lowest BCUT2D eigenvalue weighted by molar-refractivity contribution is -0.384. The topological polar surface area (TPSA) is 101 Å². The lowest BCUT2D eigenvalue weighted by Crippen LogP contribution is -2.34. The van der Waals surface area contributed by atoms with E-state index >= 15 is 0 Å². The zero-order valence-electron chi connectivity index (χ0n) is 18.3. The predicted molar refractivity (Wildman–Crippen MR) is 122 cm³/mol. The van der Waals surface area contributed by atoms with Gasteiger partial charge in [0.2, 0.25) is 0 Å². The Hall–Kier alpha value is -4.47. The summed E-state index contributed by atoms with van der Waals surface area (Å²) in [7, 11) is 0. The second-order valence-corrected chi connectivity index (χ2v) is 7.87. The predicted octanol–water partition coefficient (Wildman–Crippen LogP) is 4.60. The van der Waals surface area contributed by atoms with Gasteiger partial charge >= 0.3 is 0 Å². The van der Waals surface area contributed by atoms with Crippen LogP contribution in [0.4, 0.5) is 20.2 Å². The Morgan fingerprint density at radius 3 is 2.23 bits per heavy atom. The minimum Gasteiger partial charge on any atom is -0.306 e. The summed E-state index contributed by atoms with van der Waals surface area (Å²) in [6, 6.07) is 14.3. The normalized spacial score (nSPS) is 12.6. The molecule has 0 spiro atoms. The highest BCUT2D eigenvalue weighted by atomic mass is 19.1. The molecule has 1 aliphatic rings. The van der Waals surface area contributed by atoms with Crippen molar-refractivity contribution in [2.45, 2.75) is 12.8 Å². The highest BCUT2D eigenvalue weighted by Crippen LogP contribution is 2.26. The summed E-state index contributed by atoms with van der Waals surface area (Å²) < 4.78 is 28.0. The van der Waals surface area contributed by atoms with Crippen LogP contribution in [0, 0.1) is 21.7 Å². The first kappa shape index (κ1) is 23.7. The molecule has 0 radical (unpaired) electrons. The van der Waals surface area contributed by atoms with Gasteiger partial charge in [0.25, 0.3) is 23.4 Å². The summed E-state index contributed by atoms with van der Waals surface area (Å²) in [5.74, 6) is -3.30. The number of carbonyl (C=O) groups is 3. The second kappa shape index (κ2) is 9.80. The largest absolute Gasteiger partial charge is 0.306 e. The molecule has 35 heavy (non-hydrogen) atoms. The number of benzene rings is 3. The fourth-order valence-corrected chi connectivity index (χ4v) is 3.92. The minimum absolute atomic E-state index is 0.0345. The Morgan fingerprint density at radius 2 is 1.60 bits per heavy atom. The van der Waals surface area contributed by atoms with Crippen LogP contribution in [0.3, 0.4) is 0 Å². The van der Waals surface area contributed by atoms with E-state index in [9.17, 15) is 33.3 Å². The van der Waals surface area contributed by atoms with Crippen molar-refractivity contribution in [2.75, 3.05) is 18.0 Å². The molecule has 3 amide bonds. The Bertz CT molecular complexity index is 1310. The third-order valence-electron chi connectivity index (χ3n) is 5.64. The first-order valence-electron chi connectivity index (χ1n) is 10.7. The molecular formula is C25H19F2N3O5. The van der Waals surface area contributed by atoms with Crippen LogP contribution < -0.4 is 4.90 Å². The molecular weight excluding hydrogens is 460 g/mol. The SMILES string of the molecule is O=C1c2ccccc2C(=O)N1CCCCN(C(=O)c1cccc([N+](=O)[O-])c1)c1ccc(F)cc1F. The van der Waals surface area contributed by atoms with Crippen LogP contribution in [-0.4, -0.2) is 40.6 Å². The maximum atomic E-state index is 14.6. The number of rotatable bonds is 8. The molecule has 4 rings (SSSR count). The van der Waals surface area contributed by atoms with Crippen molar-refractivity contribution in [1.29, 1.82) is 0 Å². The van der Waals surface area contributed by atoms with Gasteiger partial charge < -0.3 is 4.90 Å². The Morgan fingerprint density at radius 1 is 0.914 bits per heavy atom. The summed E-state index contributed by atoms with van der Waals surface area (Å²) in [5.41, 5.74) is 0.120. The van der Waals surface area contributed by atoms with Crippen LogP contribution in [0.15, 0.2) is 66.7 Å². The van der Waals surface area contributed by atoms with E-state index < -0.39 is 34.3 Å². The smallest absolute Gasteiger partial charge is 0.270 e. The maximum absolute atomic E-state index is 14.6. The number of imide groups is 1. The fourth-order valence-electron chi connectivity index (χ4n) is 3.92. The van der Waals surface area contributed by atoms with Gasteiger partial charge in [-0.15, -0.1) is 0 Å². The molecule has 0 aromatic heterocycles. The Balaban J connectivity index is 1.50. The number of amides is 3. The standard InChI is InChI=1S/C25H19F2N3O5/c26-17-10-11-22(21(27)15-17)28(23(31)16-6-5-7-18(14-16)30(34)35)12-3-4-13-29-24(32)19-8-1-2-9-20(19)25(29)33/h1-2,5-11,14-15H,3-4,12-13H2. The van der Waals surface area contributed by atoms with Crippen LogP contribution in [0.25, 0.3) is 0 Å². The van der Waals surface area contributed by atoms with Crippen molar-refractivity contribution < 1.29 is 28.1 Å². The van der Waals surface area contributed by atoms with E-state index in [2.05, 4.69) is 0 Å². The van der Waals surface area contributed by atoms with E-state index in [1.807, 2.05) is 0 Å². The summed E-state index contributed by atoms with van der Waals surface area (Å²) in [6.45, 7) is 0.0599. The van der Waals surface area contributed by atoms with Gasteiger partial charge in [0.15, 0.2) is 0 Å². The molecule has 0 saturated carbocycles. The highest BCUT2D eigenvalue weighted by molar-refractivity contribution is 6.21. The third-order valence-corrected chi connectivity index (χ3v) is 5.64. The molecule has 10 heteroatoms. The number of hydrogen-bond acceptors (Lipinski definition) is 5. The van der Waals surface area contributed by atoms with Gasteiger partial charge in [-0.2, -0.15) is 0 Å². The third kappa shape index (κ3) is 4.77. The van der Waals surface area contributed by atoms with Crippen LogP contribution in [0.5, 0.6) is 0 Å². The fraction of sp³-hybridized carbons (Fsp3) is 0.160. The molecule has 0 bridgehead atoms. The lowest BCUT2D eigenvalue weighted by Gasteiger charge is -2.24. The summed E-state index contributed by atoms with van der Waals surface area (Å²) in [4.78, 5) is 50.8. The van der Waals surface area contributed by atoms with Crippen LogP contribution in [0.1, 0.15) is 43.9 Å². The number of nitro groups is 1. The van der Waals surface area contributed by atoms with Gasteiger partial charge in [0.05, 0.1) is 21.7 Å². The molecule has 0 N–H and O–H groups in total. The van der Waals surface area contributed by atoms with Gasteiger partial charge in [0, 0.05) is 36.9 Å². The van der Waals surface area contributed by atoms with Crippen molar-refractivity contribution in [3.05, 3.63) is 105 Å². The van der Waals surface area contributed by atoms with Crippen molar-refractivity contribution in [3.63, 3.8) is 0 Å². The van der Waals surface area contributed by atoms with Crippen molar-refractivity contribution in [3.8, 4) is 0 Å². The average molecular weight is 479 g/mol. The van der Waals surface area contributed by atoms with E-state index in [-0.39, 0.29) is 36.4 Å². The number of halogens is 2. The minimum atomic E-state index is -0.968. The number of anilines is 1. The first-order chi connectivity index (χ1) is 16.8. The average Bonchev–Trinajstić information content (AvgIpc) is 3.09. The molecule has 3 aromatic carbocycles. The van der Waals surface area contributed by atoms with Crippen LogP contribution in [0.2, 0.25) is 0 Å². The molecule has 1 aliphatic heterocycles. The van der Waals surface area contributed by atoms with Gasteiger partial charge in [-0.3, -0.25) is 29.4 Å². The lowest BCUT2D eigenvalue weighted by atomic mass is 10.1. The summed E-state index contributed by atoms with van der Waals surface area (Å²) in [6.07, 6.45) is 0.581. The molecule has 0 aliphatic carbocycles. The van der Waals surface area contributed by atoms with Gasteiger partial charge in [-0.05, 0) is 43.2 Å². The quantitative estimate of drug-likeness (QED) is 0.204. The molecule has 0 unspecified atom stereocenters. The van der Waals surface area contributed by atoms with E-state index in [4.69, 9.17) is 0 Å². The molecule has 0 fully saturated rings. The number of nitro benzene ring substituents is 1. The van der Waals surface area contributed by atoms with Crippen molar-refractivity contribution in [2.24, 2.45) is 0 Å². The van der Waals surface area contributed by atoms with E-state index in [0.29, 0.717) is 23.6 Å². The number of unbranched alkanes of at least 4 members (excludes halogenated alkanes) is 1. The van der Waals surface area contributed by atoms with Gasteiger partial charge in [-0.25, -0.2) is 8.78 Å². The zero-order chi connectivity index (χ0) is 25.1. The summed E-state index contributed by atoms with van der Waals surface area (Å²) >= 11 is 0. The molecule has 3 aromatic rings. The number of carbonyl (C=O) groups excluding carboxylic acids is 3. The zero-order valence-corrected chi connectivity index (χ0v) is 18.3. The molecule has 0 atom stereocenters. The number of hydrogen-bond donors (Lipinski definition) is 0. The van der Waals surface area contributed by atoms with Crippen LogP contribution in [-0.2, 0) is 0 Å². The Kier molecular flexibility index (Phi) is 6.63. The molecule has 0 saturated heterocycles. The van der Waals surface area contributed by atoms with Gasteiger partial charge in [0.1, 0.15) is 11.6 Å².